The van der Waals surface area contributed by atoms with Crippen LogP contribution < -0.4 is 10.1 Å². The summed E-state index contributed by atoms with van der Waals surface area (Å²) in [5, 5.41) is 7.24. The highest BCUT2D eigenvalue weighted by molar-refractivity contribution is 5.79. The largest absolute Gasteiger partial charge is 0.492 e. The number of benzene rings is 1. The van der Waals surface area contributed by atoms with Crippen LogP contribution in [0, 0.1) is 19.8 Å². The van der Waals surface area contributed by atoms with Crippen LogP contribution in [0.4, 0.5) is 0 Å². The quantitative estimate of drug-likeness (QED) is 0.923. The minimum Gasteiger partial charge on any atom is -0.492 e. The highest BCUT2D eigenvalue weighted by atomic mass is 16.5. The van der Waals surface area contributed by atoms with E-state index in [1.165, 1.54) is 0 Å². The third kappa shape index (κ3) is 3.10. The number of nitrogens with one attached hydrogen (secondary N) is 1. The van der Waals surface area contributed by atoms with Gasteiger partial charge in [-0.1, -0.05) is 18.2 Å². The Balaban J connectivity index is 1.52. The van der Waals surface area contributed by atoms with Crippen LogP contribution in [0.15, 0.2) is 24.3 Å². The van der Waals surface area contributed by atoms with E-state index in [-0.39, 0.29) is 11.8 Å². The van der Waals surface area contributed by atoms with E-state index in [1.807, 2.05) is 42.8 Å². The lowest BCUT2D eigenvalue weighted by Gasteiger charge is -2.24. The van der Waals surface area contributed by atoms with E-state index < -0.39 is 0 Å². The molecule has 1 aliphatic heterocycles. The van der Waals surface area contributed by atoms with E-state index in [9.17, 15) is 4.79 Å². The Morgan fingerprint density at radius 1 is 1.41 bits per heavy atom. The summed E-state index contributed by atoms with van der Waals surface area (Å²) in [6.07, 6.45) is 0.726. The third-order valence-corrected chi connectivity index (χ3v) is 3.84. The number of rotatable bonds is 4. The van der Waals surface area contributed by atoms with E-state index in [0.29, 0.717) is 19.7 Å². The standard InChI is InChI=1S/C16H20N4O2/c1-11-18-12(2)20(19-11)8-7-17-16(21)14-9-13-5-3-4-6-15(13)22-10-14/h3-6,14H,7-10H2,1-2H3,(H,17,21). The zero-order chi connectivity index (χ0) is 15.5. The van der Waals surface area contributed by atoms with Crippen LogP contribution >= 0.6 is 0 Å². The van der Waals surface area contributed by atoms with E-state index in [1.54, 1.807) is 0 Å². The first kappa shape index (κ1) is 14.6. The van der Waals surface area contributed by atoms with Gasteiger partial charge in [-0.25, -0.2) is 9.67 Å². The average Bonchev–Trinajstić information content (AvgIpc) is 2.84. The van der Waals surface area contributed by atoms with Crippen molar-refractivity contribution in [3.05, 3.63) is 41.5 Å². The lowest BCUT2D eigenvalue weighted by Crippen LogP contribution is -2.38. The van der Waals surface area contributed by atoms with Gasteiger partial charge in [0.05, 0.1) is 12.5 Å². The summed E-state index contributed by atoms with van der Waals surface area (Å²) in [4.78, 5) is 16.5. The molecule has 2 aromatic rings. The number of aryl methyl sites for hydroxylation is 2. The first-order valence-electron chi connectivity index (χ1n) is 7.50. The molecule has 1 aromatic heterocycles. The summed E-state index contributed by atoms with van der Waals surface area (Å²) >= 11 is 0. The molecule has 22 heavy (non-hydrogen) atoms. The van der Waals surface area contributed by atoms with Crippen molar-refractivity contribution in [2.24, 2.45) is 5.92 Å². The molecule has 1 unspecified atom stereocenters. The van der Waals surface area contributed by atoms with E-state index >= 15 is 0 Å². The molecular weight excluding hydrogens is 280 g/mol. The Kier molecular flexibility index (Phi) is 4.09. The predicted octanol–water partition coefficient (Wildman–Crippen LogP) is 1.26. The van der Waals surface area contributed by atoms with Crippen molar-refractivity contribution in [3.8, 4) is 5.75 Å². The molecule has 1 atom stereocenters. The molecule has 6 nitrogen and oxygen atoms in total. The normalized spacial score (nSPS) is 16.7. The van der Waals surface area contributed by atoms with Crippen LogP contribution in [0.5, 0.6) is 5.75 Å². The summed E-state index contributed by atoms with van der Waals surface area (Å²) in [6, 6.07) is 7.87. The van der Waals surface area contributed by atoms with Crippen LogP contribution in [0.2, 0.25) is 0 Å². The molecule has 0 fully saturated rings. The Morgan fingerprint density at radius 3 is 3.00 bits per heavy atom. The summed E-state index contributed by atoms with van der Waals surface area (Å²) in [7, 11) is 0. The summed E-state index contributed by atoms with van der Waals surface area (Å²) in [6.45, 7) is 5.38. The van der Waals surface area contributed by atoms with Gasteiger partial charge < -0.3 is 10.1 Å². The summed E-state index contributed by atoms with van der Waals surface area (Å²) in [5.74, 6) is 2.40. The second-order valence-electron chi connectivity index (χ2n) is 5.54. The van der Waals surface area contributed by atoms with Crippen molar-refractivity contribution in [3.63, 3.8) is 0 Å². The Labute approximate surface area is 129 Å². The second-order valence-corrected chi connectivity index (χ2v) is 5.54. The van der Waals surface area contributed by atoms with Crippen LogP contribution in [0.25, 0.3) is 0 Å². The van der Waals surface area contributed by atoms with E-state index in [4.69, 9.17) is 4.74 Å². The van der Waals surface area contributed by atoms with Gasteiger partial charge in [-0.2, -0.15) is 5.10 Å². The molecule has 1 aromatic carbocycles. The fourth-order valence-corrected chi connectivity index (χ4v) is 2.70. The van der Waals surface area contributed by atoms with Gasteiger partial charge in [-0.3, -0.25) is 4.79 Å². The molecular formula is C16H20N4O2. The van der Waals surface area contributed by atoms with Crippen molar-refractivity contribution >= 4 is 5.91 Å². The number of fused-ring (bicyclic) bond motifs is 1. The number of amides is 1. The minimum absolute atomic E-state index is 0.0315. The fraction of sp³-hybridized carbons (Fsp3) is 0.438. The van der Waals surface area contributed by atoms with Crippen LogP contribution in [-0.2, 0) is 17.8 Å². The number of hydrogen-bond acceptors (Lipinski definition) is 4. The summed E-state index contributed by atoms with van der Waals surface area (Å²) < 4.78 is 7.46. The Hall–Kier alpha value is -2.37. The molecule has 1 amide bonds. The zero-order valence-corrected chi connectivity index (χ0v) is 12.9. The van der Waals surface area contributed by atoms with Crippen molar-refractivity contribution in [1.82, 2.24) is 20.1 Å². The first-order valence-corrected chi connectivity index (χ1v) is 7.50. The molecule has 116 valence electrons. The van der Waals surface area contributed by atoms with Gasteiger partial charge in [0.25, 0.3) is 0 Å². The highest BCUT2D eigenvalue weighted by Crippen LogP contribution is 2.26. The third-order valence-electron chi connectivity index (χ3n) is 3.84. The van der Waals surface area contributed by atoms with Crippen LogP contribution in [0.1, 0.15) is 17.2 Å². The lowest BCUT2D eigenvalue weighted by atomic mass is 9.96. The maximum absolute atomic E-state index is 12.3. The van der Waals surface area contributed by atoms with E-state index in [2.05, 4.69) is 15.4 Å². The molecule has 1 N–H and O–H groups in total. The number of para-hydroxylation sites is 1. The van der Waals surface area contributed by atoms with Gasteiger partial charge in [0.1, 0.15) is 24.0 Å². The Bertz CT molecular complexity index is 681. The highest BCUT2D eigenvalue weighted by Gasteiger charge is 2.25. The number of carbonyl (C=O) groups excluding carboxylic acids is 1. The van der Waals surface area contributed by atoms with Gasteiger partial charge in [0, 0.05) is 6.54 Å². The number of carbonyl (C=O) groups is 1. The maximum atomic E-state index is 12.3. The van der Waals surface area contributed by atoms with Crippen LogP contribution in [-0.4, -0.2) is 33.8 Å². The van der Waals surface area contributed by atoms with Gasteiger partial charge in [0.15, 0.2) is 0 Å². The maximum Gasteiger partial charge on any atom is 0.226 e. The molecule has 2 heterocycles. The Morgan fingerprint density at radius 2 is 2.23 bits per heavy atom. The van der Waals surface area contributed by atoms with Crippen molar-refractivity contribution in [1.29, 1.82) is 0 Å². The number of nitrogens with zero attached hydrogens (tertiary/aromatic N) is 3. The molecule has 0 saturated heterocycles. The van der Waals surface area contributed by atoms with Crippen molar-refractivity contribution in [2.75, 3.05) is 13.2 Å². The zero-order valence-electron chi connectivity index (χ0n) is 12.9. The van der Waals surface area contributed by atoms with Crippen LogP contribution in [0.3, 0.4) is 0 Å². The van der Waals surface area contributed by atoms with Crippen molar-refractivity contribution in [2.45, 2.75) is 26.8 Å². The lowest BCUT2D eigenvalue weighted by molar-refractivity contribution is -0.126. The minimum atomic E-state index is -0.131. The summed E-state index contributed by atoms with van der Waals surface area (Å²) in [5.41, 5.74) is 1.09. The van der Waals surface area contributed by atoms with Gasteiger partial charge >= 0.3 is 0 Å². The first-order chi connectivity index (χ1) is 10.6. The smallest absolute Gasteiger partial charge is 0.226 e. The molecule has 0 aliphatic carbocycles. The molecule has 1 aliphatic rings. The second kappa shape index (κ2) is 6.17. The number of aromatic nitrogens is 3. The molecule has 6 heteroatoms. The monoisotopic (exact) mass is 300 g/mol. The number of ether oxygens (including phenoxy) is 1. The predicted molar refractivity (Wildman–Crippen MR) is 81.6 cm³/mol. The fourth-order valence-electron chi connectivity index (χ4n) is 2.70. The van der Waals surface area contributed by atoms with Gasteiger partial charge in [0.2, 0.25) is 5.91 Å². The molecule has 3 rings (SSSR count). The molecule has 0 bridgehead atoms. The average molecular weight is 300 g/mol. The van der Waals surface area contributed by atoms with E-state index in [0.717, 1.165) is 29.4 Å². The molecule has 0 spiro atoms. The van der Waals surface area contributed by atoms with Crippen molar-refractivity contribution < 1.29 is 9.53 Å². The van der Waals surface area contributed by atoms with Gasteiger partial charge in [-0.15, -0.1) is 0 Å². The molecule has 0 saturated carbocycles. The SMILES string of the molecule is Cc1nc(C)n(CCNC(=O)C2COc3ccccc3C2)n1. The topological polar surface area (TPSA) is 69.0 Å². The molecule has 0 radical (unpaired) electrons. The number of hydrogen-bond donors (Lipinski definition) is 1. The van der Waals surface area contributed by atoms with Gasteiger partial charge in [-0.05, 0) is 31.9 Å².